The van der Waals surface area contributed by atoms with Crippen molar-refractivity contribution in [2.24, 2.45) is 0 Å². The largest absolute Gasteiger partial charge is 0.342 e. The Kier molecular flexibility index (Phi) is 9.09. The number of nitrogens with one attached hydrogen (secondary N) is 1. The van der Waals surface area contributed by atoms with Crippen molar-refractivity contribution in [3.8, 4) is 0 Å². The molecule has 0 bridgehead atoms. The van der Waals surface area contributed by atoms with Crippen LogP contribution in [0.3, 0.4) is 0 Å². The van der Waals surface area contributed by atoms with Crippen LogP contribution in [0, 0.1) is 0 Å². The van der Waals surface area contributed by atoms with E-state index < -0.39 is 0 Å². The number of carbonyl (C=O) groups excluding carboxylic acids is 1. The van der Waals surface area contributed by atoms with Gasteiger partial charge in [0.1, 0.15) is 0 Å². The third-order valence-electron chi connectivity index (χ3n) is 2.98. The second-order valence-electron chi connectivity index (χ2n) is 4.82. The molecule has 0 aliphatic carbocycles. The second kappa shape index (κ2) is 9.42. The Hall–Kier alpha value is -0.610. The number of nitrogens with zero attached hydrogens (tertiary/aromatic N) is 2. The molecule has 0 spiro atoms. The molecule has 0 aromatic heterocycles. The van der Waals surface area contributed by atoms with Crippen LogP contribution in [0.4, 0.5) is 0 Å². The lowest BCUT2D eigenvalue weighted by Crippen LogP contribution is -2.41. The lowest BCUT2D eigenvalue weighted by atomic mass is 10.2. The Morgan fingerprint density at radius 1 is 1.24 bits per heavy atom. The molecule has 0 saturated carbocycles. The van der Waals surface area contributed by atoms with Crippen LogP contribution in [0.15, 0.2) is 0 Å². The third kappa shape index (κ3) is 8.16. The highest BCUT2D eigenvalue weighted by Gasteiger charge is 2.11. The van der Waals surface area contributed by atoms with E-state index in [0.29, 0.717) is 12.6 Å². The van der Waals surface area contributed by atoms with E-state index >= 15 is 0 Å². The molecule has 0 aromatic rings. The minimum Gasteiger partial charge on any atom is -0.342 e. The van der Waals surface area contributed by atoms with Gasteiger partial charge < -0.3 is 15.1 Å². The summed E-state index contributed by atoms with van der Waals surface area (Å²) in [6.45, 7) is 9.42. The highest BCUT2D eigenvalue weighted by molar-refractivity contribution is 5.78. The number of likely N-dealkylation sites (N-methyl/N-ethyl adjacent to an activating group) is 1. The molecule has 0 fully saturated rings. The minimum atomic E-state index is 0.214. The maximum atomic E-state index is 11.9. The Labute approximate surface area is 106 Å². The van der Waals surface area contributed by atoms with Gasteiger partial charge >= 0.3 is 0 Å². The molecule has 102 valence electrons. The van der Waals surface area contributed by atoms with E-state index in [2.05, 4.69) is 38.2 Å². The van der Waals surface area contributed by atoms with Crippen molar-refractivity contribution in [3.63, 3.8) is 0 Å². The molecule has 1 N–H and O–H groups in total. The summed E-state index contributed by atoms with van der Waals surface area (Å²) in [5, 5.41) is 3.24. The summed E-state index contributed by atoms with van der Waals surface area (Å²) >= 11 is 0. The number of carbonyl (C=O) groups is 1. The van der Waals surface area contributed by atoms with Crippen molar-refractivity contribution in [2.45, 2.75) is 39.7 Å². The van der Waals surface area contributed by atoms with Gasteiger partial charge in [-0.1, -0.05) is 6.92 Å². The van der Waals surface area contributed by atoms with Crippen LogP contribution in [-0.2, 0) is 4.79 Å². The highest BCUT2D eigenvalue weighted by atomic mass is 16.2. The van der Waals surface area contributed by atoms with Crippen LogP contribution in [-0.4, -0.2) is 62.0 Å². The lowest BCUT2D eigenvalue weighted by molar-refractivity contribution is -0.130. The fourth-order valence-corrected chi connectivity index (χ4v) is 1.55. The van der Waals surface area contributed by atoms with E-state index in [1.54, 1.807) is 0 Å². The van der Waals surface area contributed by atoms with Crippen molar-refractivity contribution in [1.29, 1.82) is 0 Å². The van der Waals surface area contributed by atoms with E-state index in [1.807, 2.05) is 11.8 Å². The molecule has 0 saturated heterocycles. The van der Waals surface area contributed by atoms with Crippen LogP contribution in [0.2, 0.25) is 0 Å². The Morgan fingerprint density at radius 2 is 1.88 bits per heavy atom. The van der Waals surface area contributed by atoms with Crippen LogP contribution < -0.4 is 5.32 Å². The van der Waals surface area contributed by atoms with Crippen molar-refractivity contribution in [2.75, 3.05) is 40.3 Å². The predicted octanol–water partition coefficient (Wildman–Crippen LogP) is 1.17. The molecule has 1 unspecified atom stereocenters. The summed E-state index contributed by atoms with van der Waals surface area (Å²) in [5.74, 6) is 0.214. The average Bonchev–Trinajstić information content (AvgIpc) is 2.30. The van der Waals surface area contributed by atoms with Crippen molar-refractivity contribution < 1.29 is 4.79 Å². The fourth-order valence-electron chi connectivity index (χ4n) is 1.55. The summed E-state index contributed by atoms with van der Waals surface area (Å²) in [7, 11) is 4.12. The summed E-state index contributed by atoms with van der Waals surface area (Å²) in [6.07, 6.45) is 2.09. The first-order valence-corrected chi connectivity index (χ1v) is 6.67. The van der Waals surface area contributed by atoms with E-state index in [-0.39, 0.29) is 5.91 Å². The topological polar surface area (TPSA) is 35.6 Å². The van der Waals surface area contributed by atoms with Gasteiger partial charge in [-0.15, -0.1) is 0 Å². The lowest BCUT2D eigenvalue weighted by Gasteiger charge is -2.23. The molecule has 17 heavy (non-hydrogen) atoms. The normalized spacial score (nSPS) is 12.8. The zero-order valence-corrected chi connectivity index (χ0v) is 12.1. The molecular formula is C13H29N3O. The molecule has 0 aromatic carbocycles. The zero-order valence-electron chi connectivity index (χ0n) is 12.1. The molecule has 0 aliphatic heterocycles. The molecule has 0 rings (SSSR count). The van der Waals surface area contributed by atoms with Crippen molar-refractivity contribution >= 4 is 5.91 Å². The Morgan fingerprint density at radius 3 is 2.35 bits per heavy atom. The van der Waals surface area contributed by atoms with Crippen LogP contribution in [0.1, 0.15) is 33.6 Å². The number of hydrogen-bond donors (Lipinski definition) is 1. The van der Waals surface area contributed by atoms with E-state index in [1.165, 1.54) is 0 Å². The smallest absolute Gasteiger partial charge is 0.236 e. The molecule has 0 aliphatic rings. The van der Waals surface area contributed by atoms with Crippen molar-refractivity contribution in [1.82, 2.24) is 15.1 Å². The van der Waals surface area contributed by atoms with E-state index in [4.69, 9.17) is 0 Å². The Bertz CT molecular complexity index is 207. The maximum absolute atomic E-state index is 11.9. The average molecular weight is 243 g/mol. The summed E-state index contributed by atoms with van der Waals surface area (Å²) in [5.41, 5.74) is 0. The first-order chi connectivity index (χ1) is 8.01. The van der Waals surface area contributed by atoms with Crippen LogP contribution in [0.25, 0.3) is 0 Å². The van der Waals surface area contributed by atoms with Gasteiger partial charge in [-0.2, -0.15) is 0 Å². The van der Waals surface area contributed by atoms with Gasteiger partial charge in [-0.05, 0) is 47.3 Å². The van der Waals surface area contributed by atoms with Crippen LogP contribution >= 0.6 is 0 Å². The first kappa shape index (κ1) is 16.4. The molecule has 0 heterocycles. The summed E-state index contributed by atoms with van der Waals surface area (Å²) < 4.78 is 0. The molecule has 0 radical (unpaired) electrons. The van der Waals surface area contributed by atoms with Gasteiger partial charge in [0.25, 0.3) is 0 Å². The molecule has 1 amide bonds. The maximum Gasteiger partial charge on any atom is 0.236 e. The first-order valence-electron chi connectivity index (χ1n) is 6.67. The standard InChI is InChI=1S/C13H29N3O/c1-6-12(3)14-11-13(17)16(7-2)10-8-9-15(4)5/h12,14H,6-11H2,1-5H3. The zero-order chi connectivity index (χ0) is 13.3. The monoisotopic (exact) mass is 243 g/mol. The van der Waals surface area contributed by atoms with E-state index in [0.717, 1.165) is 32.5 Å². The number of amides is 1. The van der Waals surface area contributed by atoms with Crippen molar-refractivity contribution in [3.05, 3.63) is 0 Å². The van der Waals surface area contributed by atoms with Gasteiger partial charge in [-0.3, -0.25) is 4.79 Å². The third-order valence-corrected chi connectivity index (χ3v) is 2.98. The fraction of sp³-hybridized carbons (Fsp3) is 0.923. The molecular weight excluding hydrogens is 214 g/mol. The van der Waals surface area contributed by atoms with Gasteiger partial charge in [0.15, 0.2) is 0 Å². The highest BCUT2D eigenvalue weighted by Crippen LogP contribution is 1.95. The predicted molar refractivity (Wildman–Crippen MR) is 73.2 cm³/mol. The second-order valence-corrected chi connectivity index (χ2v) is 4.82. The van der Waals surface area contributed by atoms with Gasteiger partial charge in [0, 0.05) is 19.1 Å². The number of rotatable bonds is 9. The minimum absolute atomic E-state index is 0.214. The van der Waals surface area contributed by atoms with Gasteiger partial charge in [0.2, 0.25) is 5.91 Å². The molecule has 1 atom stereocenters. The van der Waals surface area contributed by atoms with Gasteiger partial charge in [-0.25, -0.2) is 0 Å². The number of hydrogen-bond acceptors (Lipinski definition) is 3. The quantitative estimate of drug-likeness (QED) is 0.660. The Balaban J connectivity index is 3.87. The summed E-state index contributed by atoms with van der Waals surface area (Å²) in [4.78, 5) is 16.0. The summed E-state index contributed by atoms with van der Waals surface area (Å²) in [6, 6.07) is 0.416. The van der Waals surface area contributed by atoms with E-state index in [9.17, 15) is 4.79 Å². The van der Waals surface area contributed by atoms with Crippen LogP contribution in [0.5, 0.6) is 0 Å². The molecule has 4 nitrogen and oxygen atoms in total. The SMILES string of the molecule is CCC(C)NCC(=O)N(CC)CCCN(C)C. The van der Waals surface area contributed by atoms with Gasteiger partial charge in [0.05, 0.1) is 6.54 Å². The molecule has 4 heteroatoms.